The Morgan fingerprint density at radius 1 is 0.968 bits per heavy atom. The molecule has 0 radical (unpaired) electrons. The number of nitrogens with zero attached hydrogens (tertiary/aromatic N) is 1. The number of hydrogen-bond donors (Lipinski definition) is 0. The van der Waals surface area contributed by atoms with E-state index in [0.29, 0.717) is 63.5 Å². The summed E-state index contributed by atoms with van der Waals surface area (Å²) in [6, 6.07) is 8.00. The summed E-state index contributed by atoms with van der Waals surface area (Å²) in [4.78, 5) is 38.9. The first-order valence-electron chi connectivity index (χ1n) is 9.62. The number of ether oxygens (including phenoxy) is 3. The van der Waals surface area contributed by atoms with Crippen LogP contribution in [0, 0.1) is 0 Å². The third-order valence-corrected chi connectivity index (χ3v) is 5.73. The van der Waals surface area contributed by atoms with E-state index in [1.807, 2.05) is 0 Å². The molecular formula is C23H20ClNO6. The molecule has 1 heterocycles. The van der Waals surface area contributed by atoms with Crippen molar-refractivity contribution >= 4 is 34.1 Å². The molecule has 160 valence electrons. The first-order valence-corrected chi connectivity index (χ1v) is 10.2. The van der Waals surface area contributed by atoms with E-state index in [0.717, 1.165) is 0 Å². The summed E-state index contributed by atoms with van der Waals surface area (Å²) in [5.41, 5.74) is 1.86. The van der Waals surface area contributed by atoms with Crippen molar-refractivity contribution in [2.45, 2.75) is 13.0 Å². The van der Waals surface area contributed by atoms with E-state index in [-0.39, 0.29) is 16.9 Å². The quantitative estimate of drug-likeness (QED) is 0.335. The summed E-state index contributed by atoms with van der Waals surface area (Å²) >= 11 is 5.89. The number of esters is 1. The third-order valence-electron chi connectivity index (χ3n) is 5.46. The third kappa shape index (κ3) is 3.16. The number of pyridine rings is 1. The van der Waals surface area contributed by atoms with Gasteiger partial charge in [-0.2, -0.15) is 0 Å². The normalized spacial score (nSPS) is 11.9. The van der Waals surface area contributed by atoms with Crippen molar-refractivity contribution < 1.29 is 23.8 Å². The van der Waals surface area contributed by atoms with Crippen molar-refractivity contribution in [3.05, 3.63) is 57.4 Å². The maximum absolute atomic E-state index is 13.5. The van der Waals surface area contributed by atoms with E-state index in [1.54, 1.807) is 28.8 Å². The zero-order valence-electron chi connectivity index (χ0n) is 17.3. The van der Waals surface area contributed by atoms with Crippen molar-refractivity contribution in [1.82, 2.24) is 4.57 Å². The van der Waals surface area contributed by atoms with Gasteiger partial charge in [-0.25, -0.2) is 4.79 Å². The number of halogens is 1. The fourth-order valence-electron chi connectivity index (χ4n) is 4.03. The zero-order chi connectivity index (χ0) is 22.3. The predicted molar refractivity (Wildman–Crippen MR) is 117 cm³/mol. The molecule has 0 N–H and O–H groups in total. The fraction of sp³-hybridized carbons (Fsp3) is 0.261. The minimum Gasteiger partial charge on any atom is -0.493 e. The molecule has 4 rings (SSSR count). The van der Waals surface area contributed by atoms with Crippen LogP contribution in [-0.2, 0) is 11.3 Å². The standard InChI is InChI=1S/C23H20ClNO6/c1-29-17-10-14-16(11-18(17)30-2)22(27)25(8-4-7-24)20-13-6-5-12(23(28)31-3)9-15(13)21(26)19(14)20/h5-6,9-11H,4,7-8H2,1-3H3. The highest BCUT2D eigenvalue weighted by Gasteiger charge is 2.34. The van der Waals surface area contributed by atoms with Crippen molar-refractivity contribution in [3.63, 3.8) is 0 Å². The highest BCUT2D eigenvalue weighted by Crippen LogP contribution is 2.42. The number of ketones is 1. The lowest BCUT2D eigenvalue weighted by molar-refractivity contribution is 0.0600. The van der Waals surface area contributed by atoms with Crippen LogP contribution in [0.2, 0.25) is 0 Å². The largest absolute Gasteiger partial charge is 0.493 e. The van der Waals surface area contributed by atoms with Gasteiger partial charge in [-0.15, -0.1) is 11.6 Å². The van der Waals surface area contributed by atoms with Gasteiger partial charge in [0.1, 0.15) is 0 Å². The van der Waals surface area contributed by atoms with Gasteiger partial charge in [0.25, 0.3) is 5.56 Å². The maximum Gasteiger partial charge on any atom is 0.337 e. The Bertz CT molecular complexity index is 1290. The molecule has 8 heteroatoms. The van der Waals surface area contributed by atoms with Crippen LogP contribution in [0.5, 0.6) is 11.5 Å². The van der Waals surface area contributed by atoms with Gasteiger partial charge in [0.05, 0.1) is 43.5 Å². The molecule has 0 amide bonds. The highest BCUT2D eigenvalue weighted by atomic mass is 35.5. The van der Waals surface area contributed by atoms with Crippen molar-refractivity contribution in [2.75, 3.05) is 27.2 Å². The van der Waals surface area contributed by atoms with E-state index in [4.69, 9.17) is 25.8 Å². The lowest BCUT2D eigenvalue weighted by atomic mass is 10.0. The Hall–Kier alpha value is -3.32. The SMILES string of the molecule is COC(=O)c1ccc2c(c1)C(=O)c1c-2n(CCCCl)c(=O)c2cc(OC)c(OC)cc12. The van der Waals surface area contributed by atoms with Gasteiger partial charge in [0, 0.05) is 28.9 Å². The Morgan fingerprint density at radius 2 is 1.65 bits per heavy atom. The van der Waals surface area contributed by atoms with Crippen LogP contribution in [0.25, 0.3) is 22.0 Å². The van der Waals surface area contributed by atoms with Gasteiger partial charge < -0.3 is 18.8 Å². The van der Waals surface area contributed by atoms with Gasteiger partial charge in [-0.1, -0.05) is 6.07 Å². The van der Waals surface area contributed by atoms with E-state index in [9.17, 15) is 14.4 Å². The summed E-state index contributed by atoms with van der Waals surface area (Å²) in [6.45, 7) is 0.348. The van der Waals surface area contributed by atoms with Crippen molar-refractivity contribution in [1.29, 1.82) is 0 Å². The Labute approximate surface area is 183 Å². The number of carbonyl (C=O) groups is 2. The summed E-state index contributed by atoms with van der Waals surface area (Å²) in [6.07, 6.45) is 0.552. The van der Waals surface area contributed by atoms with Crippen LogP contribution < -0.4 is 15.0 Å². The molecule has 31 heavy (non-hydrogen) atoms. The summed E-state index contributed by atoms with van der Waals surface area (Å²) in [7, 11) is 4.26. The molecular weight excluding hydrogens is 422 g/mol. The molecule has 0 atom stereocenters. The second-order valence-corrected chi connectivity index (χ2v) is 7.43. The van der Waals surface area contributed by atoms with Crippen LogP contribution in [0.4, 0.5) is 0 Å². The van der Waals surface area contributed by atoms with Gasteiger partial charge in [0.15, 0.2) is 17.3 Å². The molecule has 2 aromatic carbocycles. The maximum atomic E-state index is 13.5. The Kier molecular flexibility index (Phi) is 5.45. The lowest BCUT2D eigenvalue weighted by Crippen LogP contribution is -2.23. The van der Waals surface area contributed by atoms with E-state index < -0.39 is 5.97 Å². The molecule has 7 nitrogen and oxygen atoms in total. The summed E-state index contributed by atoms with van der Waals surface area (Å²) in [5, 5.41) is 0.820. The molecule has 1 aliphatic rings. The average molecular weight is 442 g/mol. The summed E-state index contributed by atoms with van der Waals surface area (Å²) in [5.74, 6) is 0.365. The second-order valence-electron chi connectivity index (χ2n) is 7.06. The lowest BCUT2D eigenvalue weighted by Gasteiger charge is -2.16. The minimum atomic E-state index is -0.539. The van der Waals surface area contributed by atoms with Gasteiger partial charge in [-0.3, -0.25) is 9.59 Å². The first kappa shape index (κ1) is 20.9. The zero-order valence-corrected chi connectivity index (χ0v) is 18.0. The van der Waals surface area contributed by atoms with Crippen LogP contribution in [0.1, 0.15) is 32.7 Å². The molecule has 3 aromatic rings. The Balaban J connectivity index is 2.09. The molecule has 0 spiro atoms. The van der Waals surface area contributed by atoms with Crippen molar-refractivity contribution in [2.24, 2.45) is 0 Å². The first-order chi connectivity index (χ1) is 15.0. The monoisotopic (exact) mass is 441 g/mol. The molecule has 0 saturated heterocycles. The smallest absolute Gasteiger partial charge is 0.337 e. The number of aromatic nitrogens is 1. The summed E-state index contributed by atoms with van der Waals surface area (Å²) < 4.78 is 17.1. The number of methoxy groups -OCH3 is 3. The number of alkyl halides is 1. The average Bonchev–Trinajstić information content (AvgIpc) is 3.09. The fourth-order valence-corrected chi connectivity index (χ4v) is 4.15. The Morgan fingerprint density at radius 3 is 2.26 bits per heavy atom. The topological polar surface area (TPSA) is 83.8 Å². The molecule has 0 unspecified atom stereocenters. The van der Waals surface area contributed by atoms with Gasteiger partial charge in [-0.05, 0) is 30.7 Å². The van der Waals surface area contributed by atoms with Crippen molar-refractivity contribution in [3.8, 4) is 22.8 Å². The van der Waals surface area contributed by atoms with E-state index >= 15 is 0 Å². The number of hydrogen-bond acceptors (Lipinski definition) is 6. The number of rotatable bonds is 6. The molecule has 1 aliphatic carbocycles. The minimum absolute atomic E-state index is 0.252. The molecule has 0 fully saturated rings. The molecule has 0 aliphatic heterocycles. The number of benzene rings is 2. The van der Waals surface area contributed by atoms with Crippen LogP contribution in [0.3, 0.4) is 0 Å². The van der Waals surface area contributed by atoms with Gasteiger partial charge >= 0.3 is 5.97 Å². The number of carbonyl (C=O) groups excluding carboxylic acids is 2. The molecule has 1 aromatic heterocycles. The molecule has 0 bridgehead atoms. The van der Waals surface area contributed by atoms with E-state index in [1.165, 1.54) is 27.4 Å². The highest BCUT2D eigenvalue weighted by molar-refractivity contribution is 6.27. The van der Waals surface area contributed by atoms with Crippen LogP contribution in [0.15, 0.2) is 35.1 Å². The molecule has 0 saturated carbocycles. The second kappa shape index (κ2) is 8.07. The van der Waals surface area contributed by atoms with Crippen LogP contribution in [-0.4, -0.2) is 43.5 Å². The van der Waals surface area contributed by atoms with Gasteiger partial charge in [0.2, 0.25) is 0 Å². The number of fused-ring (bicyclic) bond motifs is 5. The predicted octanol–water partition coefficient (Wildman–Crippen LogP) is 3.65. The van der Waals surface area contributed by atoms with E-state index in [2.05, 4.69) is 0 Å². The van der Waals surface area contributed by atoms with Crippen LogP contribution >= 0.6 is 11.6 Å².